The van der Waals surface area contributed by atoms with Gasteiger partial charge in [0.15, 0.2) is 0 Å². The molecule has 1 N–H and O–H groups in total. The number of benzene rings is 2. The molecular weight excluding hydrogens is 287 g/mol. The summed E-state index contributed by atoms with van der Waals surface area (Å²) < 4.78 is 14.3. The summed E-state index contributed by atoms with van der Waals surface area (Å²) >= 11 is 5.98. The van der Waals surface area contributed by atoms with E-state index in [0.29, 0.717) is 5.02 Å². The van der Waals surface area contributed by atoms with Crippen molar-refractivity contribution in [2.45, 2.75) is 6.04 Å². The lowest BCUT2D eigenvalue weighted by Gasteiger charge is -2.35. The maximum absolute atomic E-state index is 14.3. The molecule has 0 radical (unpaired) electrons. The van der Waals surface area contributed by atoms with Crippen molar-refractivity contribution in [1.29, 1.82) is 0 Å². The van der Waals surface area contributed by atoms with E-state index in [4.69, 9.17) is 11.6 Å². The van der Waals surface area contributed by atoms with Crippen LogP contribution < -0.4 is 5.32 Å². The molecule has 0 spiro atoms. The number of piperazine rings is 1. The van der Waals surface area contributed by atoms with Gasteiger partial charge in [0.2, 0.25) is 0 Å². The molecule has 0 aromatic heterocycles. The maximum Gasteiger partial charge on any atom is 0.128 e. The van der Waals surface area contributed by atoms with Gasteiger partial charge in [-0.25, -0.2) is 4.39 Å². The minimum Gasteiger partial charge on any atom is -0.314 e. The van der Waals surface area contributed by atoms with Gasteiger partial charge in [0.1, 0.15) is 5.82 Å². The number of nitrogens with zero attached hydrogens (tertiary/aromatic N) is 1. The molecule has 3 rings (SSSR count). The molecule has 1 saturated heterocycles. The molecule has 0 saturated carbocycles. The summed E-state index contributed by atoms with van der Waals surface area (Å²) in [5.74, 6) is -0.156. The van der Waals surface area contributed by atoms with Crippen molar-refractivity contribution in [2.75, 3.05) is 26.2 Å². The predicted octanol–water partition coefficient (Wildman–Crippen LogP) is 3.47. The van der Waals surface area contributed by atoms with Crippen LogP contribution in [-0.2, 0) is 0 Å². The Bertz CT molecular complexity index is 594. The van der Waals surface area contributed by atoms with Gasteiger partial charge in [-0.15, -0.1) is 0 Å². The Kier molecular flexibility index (Phi) is 4.54. The number of halogens is 2. The van der Waals surface area contributed by atoms with Gasteiger partial charge in [-0.05, 0) is 23.8 Å². The standard InChI is InChI=1S/C17H18ClFN2/c18-14-7-5-13(6-8-14)17(21-11-9-20-10-12-21)15-3-1-2-4-16(15)19/h1-8,17,20H,9-12H2. The van der Waals surface area contributed by atoms with Gasteiger partial charge in [0.25, 0.3) is 0 Å². The van der Waals surface area contributed by atoms with Crippen molar-refractivity contribution >= 4 is 11.6 Å². The van der Waals surface area contributed by atoms with Crippen LogP contribution >= 0.6 is 11.6 Å². The lowest BCUT2D eigenvalue weighted by molar-refractivity contribution is 0.195. The molecule has 21 heavy (non-hydrogen) atoms. The second-order valence-corrected chi connectivity index (χ2v) is 5.70. The van der Waals surface area contributed by atoms with Crippen LogP contribution in [0.1, 0.15) is 17.2 Å². The Morgan fingerprint density at radius 1 is 1.00 bits per heavy atom. The average Bonchev–Trinajstić information content (AvgIpc) is 2.52. The van der Waals surface area contributed by atoms with E-state index in [1.807, 2.05) is 36.4 Å². The number of rotatable bonds is 3. The highest BCUT2D eigenvalue weighted by Gasteiger charge is 2.25. The number of nitrogens with one attached hydrogen (secondary N) is 1. The first-order valence-electron chi connectivity index (χ1n) is 7.20. The van der Waals surface area contributed by atoms with Crippen LogP contribution in [0, 0.1) is 5.82 Å². The van der Waals surface area contributed by atoms with Crippen LogP contribution in [0.15, 0.2) is 48.5 Å². The molecule has 2 nitrogen and oxygen atoms in total. The fourth-order valence-electron chi connectivity index (χ4n) is 2.87. The molecule has 2 aromatic rings. The summed E-state index contributed by atoms with van der Waals surface area (Å²) in [5.41, 5.74) is 1.80. The van der Waals surface area contributed by atoms with E-state index >= 15 is 0 Å². The van der Waals surface area contributed by atoms with E-state index in [9.17, 15) is 4.39 Å². The quantitative estimate of drug-likeness (QED) is 0.934. The lowest BCUT2D eigenvalue weighted by Crippen LogP contribution is -2.45. The summed E-state index contributed by atoms with van der Waals surface area (Å²) in [4.78, 5) is 2.32. The monoisotopic (exact) mass is 304 g/mol. The molecule has 2 aromatic carbocycles. The van der Waals surface area contributed by atoms with E-state index in [1.54, 1.807) is 6.07 Å². The Morgan fingerprint density at radius 2 is 1.67 bits per heavy atom. The minimum atomic E-state index is -0.156. The van der Waals surface area contributed by atoms with Gasteiger partial charge in [0.05, 0.1) is 6.04 Å². The second-order valence-electron chi connectivity index (χ2n) is 5.26. The summed E-state index contributed by atoms with van der Waals surface area (Å²) in [7, 11) is 0. The molecule has 1 aliphatic heterocycles. The number of hydrogen-bond acceptors (Lipinski definition) is 2. The highest BCUT2D eigenvalue weighted by molar-refractivity contribution is 6.30. The molecular formula is C17H18ClFN2. The van der Waals surface area contributed by atoms with E-state index in [2.05, 4.69) is 10.2 Å². The molecule has 110 valence electrons. The van der Waals surface area contributed by atoms with Crippen LogP contribution in [0.4, 0.5) is 4.39 Å². The lowest BCUT2D eigenvalue weighted by atomic mass is 9.96. The van der Waals surface area contributed by atoms with Gasteiger partial charge >= 0.3 is 0 Å². The zero-order valence-electron chi connectivity index (χ0n) is 11.7. The highest BCUT2D eigenvalue weighted by Crippen LogP contribution is 2.31. The molecule has 1 aliphatic rings. The van der Waals surface area contributed by atoms with Crippen LogP contribution in [0.3, 0.4) is 0 Å². The van der Waals surface area contributed by atoms with Crippen molar-refractivity contribution in [1.82, 2.24) is 10.2 Å². The summed E-state index contributed by atoms with van der Waals surface area (Å²) in [6.45, 7) is 3.67. The highest BCUT2D eigenvalue weighted by atomic mass is 35.5. The fourth-order valence-corrected chi connectivity index (χ4v) is 3.00. The first-order valence-corrected chi connectivity index (χ1v) is 7.58. The third-order valence-electron chi connectivity index (χ3n) is 3.90. The SMILES string of the molecule is Fc1ccccc1C(c1ccc(Cl)cc1)N1CCNCC1. The van der Waals surface area contributed by atoms with Crippen LogP contribution in [0.5, 0.6) is 0 Å². The van der Waals surface area contributed by atoms with Gasteiger partial charge < -0.3 is 5.32 Å². The Balaban J connectivity index is 2.01. The smallest absolute Gasteiger partial charge is 0.128 e. The largest absolute Gasteiger partial charge is 0.314 e. The first kappa shape index (κ1) is 14.5. The Hall–Kier alpha value is -1.42. The fraction of sp³-hybridized carbons (Fsp3) is 0.294. The van der Waals surface area contributed by atoms with E-state index in [0.717, 1.165) is 37.3 Å². The molecule has 0 amide bonds. The van der Waals surface area contributed by atoms with Gasteiger partial charge in [-0.1, -0.05) is 41.9 Å². The van der Waals surface area contributed by atoms with Crippen molar-refractivity contribution in [2.24, 2.45) is 0 Å². The number of hydrogen-bond donors (Lipinski definition) is 1. The van der Waals surface area contributed by atoms with Crippen LogP contribution in [0.2, 0.25) is 5.02 Å². The van der Waals surface area contributed by atoms with Crippen LogP contribution in [0.25, 0.3) is 0 Å². The van der Waals surface area contributed by atoms with E-state index in [1.165, 1.54) is 6.07 Å². The third kappa shape index (κ3) is 3.26. The molecule has 1 unspecified atom stereocenters. The predicted molar refractivity (Wildman–Crippen MR) is 84.1 cm³/mol. The van der Waals surface area contributed by atoms with Crippen molar-refractivity contribution in [3.63, 3.8) is 0 Å². The topological polar surface area (TPSA) is 15.3 Å². The maximum atomic E-state index is 14.3. The van der Waals surface area contributed by atoms with Gasteiger partial charge in [0, 0.05) is 36.8 Å². The first-order chi connectivity index (χ1) is 10.3. The minimum absolute atomic E-state index is 0.0643. The van der Waals surface area contributed by atoms with Gasteiger partial charge in [-0.2, -0.15) is 0 Å². The summed E-state index contributed by atoms with van der Waals surface area (Å²) in [5, 5.41) is 4.04. The Morgan fingerprint density at radius 3 is 2.33 bits per heavy atom. The van der Waals surface area contributed by atoms with Crippen molar-refractivity contribution in [3.05, 3.63) is 70.5 Å². The van der Waals surface area contributed by atoms with E-state index < -0.39 is 0 Å². The summed E-state index contributed by atoms with van der Waals surface area (Å²) in [6, 6.07) is 14.7. The molecule has 4 heteroatoms. The van der Waals surface area contributed by atoms with Gasteiger partial charge in [-0.3, -0.25) is 4.90 Å². The van der Waals surface area contributed by atoms with Crippen molar-refractivity contribution < 1.29 is 4.39 Å². The normalized spacial score (nSPS) is 17.6. The zero-order chi connectivity index (χ0) is 14.7. The van der Waals surface area contributed by atoms with E-state index in [-0.39, 0.29) is 11.9 Å². The van der Waals surface area contributed by atoms with Crippen LogP contribution in [-0.4, -0.2) is 31.1 Å². The third-order valence-corrected chi connectivity index (χ3v) is 4.15. The Labute approximate surface area is 129 Å². The molecule has 1 fully saturated rings. The molecule has 1 atom stereocenters. The average molecular weight is 305 g/mol. The summed E-state index contributed by atoms with van der Waals surface area (Å²) in [6.07, 6.45) is 0. The second kappa shape index (κ2) is 6.56. The molecule has 1 heterocycles. The molecule has 0 bridgehead atoms. The van der Waals surface area contributed by atoms with Crippen molar-refractivity contribution in [3.8, 4) is 0 Å². The zero-order valence-corrected chi connectivity index (χ0v) is 12.5. The molecule has 0 aliphatic carbocycles.